The Balaban J connectivity index is 2.40. The fourth-order valence-electron chi connectivity index (χ4n) is 2.54. The molecule has 1 aliphatic rings. The van der Waals surface area contributed by atoms with Crippen LogP contribution in [0.25, 0.3) is 0 Å². The second-order valence-corrected chi connectivity index (χ2v) is 7.12. The van der Waals surface area contributed by atoms with Gasteiger partial charge in [-0.05, 0) is 36.5 Å². The molecule has 1 heterocycles. The van der Waals surface area contributed by atoms with Gasteiger partial charge in [-0.25, -0.2) is 13.1 Å². The first-order valence-electron chi connectivity index (χ1n) is 6.94. The minimum atomic E-state index is -4.54. The summed E-state index contributed by atoms with van der Waals surface area (Å²) in [6.07, 6.45) is -1.22. The first-order chi connectivity index (χ1) is 9.74. The maximum Gasteiger partial charge on any atom is 0.416 e. The molecular weight excluding hydrogens is 303 g/mol. The van der Waals surface area contributed by atoms with Gasteiger partial charge in [0.15, 0.2) is 0 Å². The molecule has 118 valence electrons. The molecule has 1 aromatic rings. The highest BCUT2D eigenvalue weighted by Gasteiger charge is 2.34. The van der Waals surface area contributed by atoms with Crippen molar-refractivity contribution < 1.29 is 21.6 Å². The van der Waals surface area contributed by atoms with Crippen LogP contribution in [0.4, 0.5) is 13.2 Å². The molecule has 0 bridgehead atoms. The predicted molar refractivity (Wildman–Crippen MR) is 73.4 cm³/mol. The second kappa shape index (κ2) is 5.96. The summed E-state index contributed by atoms with van der Waals surface area (Å²) >= 11 is 0. The number of nitrogens with one attached hydrogen (secondary N) is 1. The Hall–Kier alpha value is -1.08. The average Bonchev–Trinajstić information content (AvgIpc) is 2.52. The standard InChI is InChI=1S/C14H18F3NO2S/c1-2-3-4-10-7-11-5-6-12(14(15,16)17)8-13(11)21(19,20)18-9-10/h5-6,8,10,18H,2-4,7,9H2,1H3. The summed E-state index contributed by atoms with van der Waals surface area (Å²) in [7, 11) is -3.87. The third-order valence-electron chi connectivity index (χ3n) is 3.72. The van der Waals surface area contributed by atoms with E-state index in [1.807, 2.05) is 6.92 Å². The van der Waals surface area contributed by atoms with Gasteiger partial charge >= 0.3 is 6.18 Å². The van der Waals surface area contributed by atoms with Gasteiger partial charge in [-0.2, -0.15) is 13.2 Å². The van der Waals surface area contributed by atoms with Gasteiger partial charge in [0.05, 0.1) is 10.5 Å². The Labute approximate surface area is 122 Å². The molecule has 1 unspecified atom stereocenters. The molecule has 0 spiro atoms. The Kier molecular flexibility index (Phi) is 4.63. The molecule has 0 amide bonds. The lowest BCUT2D eigenvalue weighted by Crippen LogP contribution is -2.27. The van der Waals surface area contributed by atoms with Crippen molar-refractivity contribution in [2.45, 2.75) is 43.7 Å². The molecular formula is C14H18F3NO2S. The minimum absolute atomic E-state index is 0.123. The van der Waals surface area contributed by atoms with Crippen molar-refractivity contribution in [3.8, 4) is 0 Å². The van der Waals surface area contributed by atoms with Crippen LogP contribution in [-0.4, -0.2) is 15.0 Å². The second-order valence-electron chi connectivity index (χ2n) is 5.38. The van der Waals surface area contributed by atoms with E-state index in [2.05, 4.69) is 4.72 Å². The number of halogens is 3. The van der Waals surface area contributed by atoms with Crippen LogP contribution < -0.4 is 4.72 Å². The number of alkyl halides is 3. The molecule has 7 heteroatoms. The van der Waals surface area contributed by atoms with E-state index in [-0.39, 0.29) is 17.4 Å². The van der Waals surface area contributed by atoms with Crippen molar-refractivity contribution in [1.82, 2.24) is 4.72 Å². The molecule has 0 aliphatic carbocycles. The van der Waals surface area contributed by atoms with E-state index in [1.54, 1.807) is 0 Å². The van der Waals surface area contributed by atoms with Crippen LogP contribution in [-0.2, 0) is 22.6 Å². The Morgan fingerprint density at radius 3 is 2.67 bits per heavy atom. The lowest BCUT2D eigenvalue weighted by atomic mass is 9.94. The zero-order chi connectivity index (χ0) is 15.7. The Morgan fingerprint density at radius 1 is 1.33 bits per heavy atom. The molecule has 3 nitrogen and oxygen atoms in total. The smallest absolute Gasteiger partial charge is 0.211 e. The van der Waals surface area contributed by atoms with Gasteiger partial charge in [-0.15, -0.1) is 0 Å². The van der Waals surface area contributed by atoms with Crippen molar-refractivity contribution in [1.29, 1.82) is 0 Å². The summed E-state index contributed by atoms with van der Waals surface area (Å²) in [6, 6.07) is 2.98. The number of sulfonamides is 1. The van der Waals surface area contributed by atoms with Crippen molar-refractivity contribution in [3.63, 3.8) is 0 Å². The molecule has 0 saturated carbocycles. The van der Waals surface area contributed by atoms with Crippen molar-refractivity contribution in [2.24, 2.45) is 5.92 Å². The topological polar surface area (TPSA) is 46.2 Å². The number of rotatable bonds is 3. The fourth-order valence-corrected chi connectivity index (χ4v) is 3.92. The van der Waals surface area contributed by atoms with E-state index in [9.17, 15) is 21.6 Å². The van der Waals surface area contributed by atoms with E-state index in [4.69, 9.17) is 0 Å². The van der Waals surface area contributed by atoms with Gasteiger partial charge in [0, 0.05) is 6.54 Å². The maximum atomic E-state index is 12.7. The van der Waals surface area contributed by atoms with Crippen molar-refractivity contribution in [2.75, 3.05) is 6.54 Å². The average molecular weight is 321 g/mol. The first kappa shape index (κ1) is 16.3. The van der Waals surface area contributed by atoms with Crippen LogP contribution >= 0.6 is 0 Å². The van der Waals surface area contributed by atoms with E-state index >= 15 is 0 Å². The summed E-state index contributed by atoms with van der Waals surface area (Å²) < 4.78 is 64.9. The van der Waals surface area contributed by atoms with Crippen LogP contribution in [0.2, 0.25) is 0 Å². The quantitative estimate of drug-likeness (QED) is 0.928. The summed E-state index contributed by atoms with van der Waals surface area (Å²) in [5, 5.41) is 0. The van der Waals surface area contributed by atoms with Crippen LogP contribution in [0.15, 0.2) is 23.1 Å². The van der Waals surface area contributed by atoms with Crippen LogP contribution in [0.5, 0.6) is 0 Å². The van der Waals surface area contributed by atoms with Gasteiger partial charge < -0.3 is 0 Å². The highest BCUT2D eigenvalue weighted by atomic mass is 32.2. The van der Waals surface area contributed by atoms with Gasteiger partial charge in [0.1, 0.15) is 0 Å². The number of hydrogen-bond donors (Lipinski definition) is 1. The largest absolute Gasteiger partial charge is 0.416 e. The first-order valence-corrected chi connectivity index (χ1v) is 8.42. The predicted octanol–water partition coefficient (Wildman–Crippen LogP) is 3.35. The molecule has 0 aromatic heterocycles. The summed E-state index contributed by atoms with van der Waals surface area (Å²) in [5.41, 5.74) is -0.465. The van der Waals surface area contributed by atoms with E-state index in [0.717, 1.165) is 31.4 Å². The van der Waals surface area contributed by atoms with Gasteiger partial charge in [-0.1, -0.05) is 25.8 Å². The van der Waals surface area contributed by atoms with Crippen LogP contribution in [0.1, 0.15) is 37.3 Å². The molecule has 0 saturated heterocycles. The number of unbranched alkanes of at least 4 members (excludes halogenated alkanes) is 1. The maximum absolute atomic E-state index is 12.7. The monoisotopic (exact) mass is 321 g/mol. The molecule has 0 fully saturated rings. The van der Waals surface area contributed by atoms with E-state index in [0.29, 0.717) is 12.0 Å². The van der Waals surface area contributed by atoms with E-state index < -0.39 is 21.8 Å². The van der Waals surface area contributed by atoms with Crippen LogP contribution in [0.3, 0.4) is 0 Å². The minimum Gasteiger partial charge on any atom is -0.211 e. The molecule has 1 N–H and O–H groups in total. The highest BCUT2D eigenvalue weighted by Crippen LogP contribution is 2.33. The molecule has 1 aliphatic heterocycles. The molecule has 0 radical (unpaired) electrons. The van der Waals surface area contributed by atoms with E-state index in [1.165, 1.54) is 6.07 Å². The fraction of sp³-hybridized carbons (Fsp3) is 0.571. The van der Waals surface area contributed by atoms with Gasteiger partial charge in [-0.3, -0.25) is 0 Å². The van der Waals surface area contributed by atoms with Crippen molar-refractivity contribution >= 4 is 10.0 Å². The summed E-state index contributed by atoms with van der Waals surface area (Å²) in [6.45, 7) is 2.32. The molecule has 1 aromatic carbocycles. The summed E-state index contributed by atoms with van der Waals surface area (Å²) in [4.78, 5) is -0.240. The lowest BCUT2D eigenvalue weighted by molar-refractivity contribution is -0.137. The zero-order valence-corrected chi connectivity index (χ0v) is 12.5. The normalized spacial score (nSPS) is 21.6. The lowest BCUT2D eigenvalue weighted by Gasteiger charge is -2.13. The molecule has 2 rings (SSSR count). The molecule has 21 heavy (non-hydrogen) atoms. The number of hydrogen-bond acceptors (Lipinski definition) is 2. The Morgan fingerprint density at radius 2 is 2.05 bits per heavy atom. The number of benzene rings is 1. The van der Waals surface area contributed by atoms with Gasteiger partial charge in [0.2, 0.25) is 10.0 Å². The highest BCUT2D eigenvalue weighted by molar-refractivity contribution is 7.89. The SMILES string of the molecule is CCCCC1CNS(=O)(=O)c2cc(C(F)(F)F)ccc2C1. The molecule has 1 atom stereocenters. The van der Waals surface area contributed by atoms with Crippen molar-refractivity contribution in [3.05, 3.63) is 29.3 Å². The summed E-state index contributed by atoms with van der Waals surface area (Å²) in [5.74, 6) is 0.123. The zero-order valence-electron chi connectivity index (χ0n) is 11.7. The third-order valence-corrected chi connectivity index (χ3v) is 5.23. The third kappa shape index (κ3) is 3.77. The van der Waals surface area contributed by atoms with Gasteiger partial charge in [0.25, 0.3) is 0 Å². The Bertz CT molecular complexity index is 611. The number of fused-ring (bicyclic) bond motifs is 1. The van der Waals surface area contributed by atoms with Crippen LogP contribution in [0, 0.1) is 5.92 Å².